The van der Waals surface area contributed by atoms with Crippen LogP contribution in [0.15, 0.2) is 55.0 Å². The lowest BCUT2D eigenvalue weighted by Crippen LogP contribution is -2.58. The number of rotatable bonds is 15. The van der Waals surface area contributed by atoms with Crippen LogP contribution in [-0.2, 0) is 24.4 Å². The number of fused-ring (bicyclic) bond motifs is 1. The highest BCUT2D eigenvalue weighted by Crippen LogP contribution is 2.47. The third-order valence-electron chi connectivity index (χ3n) is 9.22. The lowest BCUT2D eigenvalue weighted by molar-refractivity contribution is -0.129. The number of hydrogen-bond donors (Lipinski definition) is 5. The summed E-state index contributed by atoms with van der Waals surface area (Å²) in [6.07, 6.45) is 5.61. The minimum Gasteiger partial charge on any atom is -0.497 e. The van der Waals surface area contributed by atoms with Crippen LogP contribution in [0.5, 0.6) is 11.6 Å². The summed E-state index contributed by atoms with van der Waals surface area (Å²) in [5.74, 6) is -1.24. The predicted octanol–water partition coefficient (Wildman–Crippen LogP) is 3.97. The molecule has 0 radical (unpaired) electrons. The van der Waals surface area contributed by atoms with Crippen molar-refractivity contribution in [2.24, 2.45) is 11.3 Å². The normalized spacial score (nSPS) is 20.2. The lowest BCUT2D eigenvalue weighted by atomic mass is 9.86. The maximum atomic E-state index is 13.5. The molecule has 3 atom stereocenters. The number of amides is 5. The van der Waals surface area contributed by atoms with Crippen LogP contribution in [-0.4, -0.2) is 72.7 Å². The van der Waals surface area contributed by atoms with E-state index in [1.54, 1.807) is 32.4 Å². The minimum absolute atomic E-state index is 0.0441. The molecule has 1 aromatic carbocycles. The van der Waals surface area contributed by atoms with Crippen LogP contribution in [0.1, 0.15) is 80.6 Å². The molecule has 1 heterocycles. The number of methoxy groups -OCH3 is 1. The van der Waals surface area contributed by atoms with Crippen molar-refractivity contribution in [1.29, 1.82) is 0 Å². The van der Waals surface area contributed by atoms with Gasteiger partial charge in [0.15, 0.2) is 0 Å². The average Bonchev–Trinajstić information content (AvgIpc) is 3.97. The molecule has 2 aliphatic carbocycles. The highest BCUT2D eigenvalue weighted by atomic mass is 32.2. The van der Waals surface area contributed by atoms with E-state index in [0.717, 1.165) is 5.39 Å². The van der Waals surface area contributed by atoms with E-state index in [0.29, 0.717) is 29.6 Å². The Morgan fingerprint density at radius 2 is 1.77 bits per heavy atom. The summed E-state index contributed by atoms with van der Waals surface area (Å²) in [6, 6.07) is 5.83. The quantitative estimate of drug-likeness (QED) is 0.133. The predicted molar refractivity (Wildman–Crippen MR) is 198 cm³/mol. The molecule has 1 aromatic heterocycles. The molecule has 14 nitrogen and oxygen atoms in total. The van der Waals surface area contributed by atoms with Gasteiger partial charge in [-0.3, -0.25) is 19.1 Å². The summed E-state index contributed by atoms with van der Waals surface area (Å²) < 4.78 is 38.1. The van der Waals surface area contributed by atoms with E-state index in [1.807, 2.05) is 53.7 Å². The van der Waals surface area contributed by atoms with E-state index >= 15 is 0 Å². The smallest absolute Gasteiger partial charge is 0.315 e. The first-order valence-corrected chi connectivity index (χ1v) is 18.8. The molecule has 4 rings (SSSR count). The summed E-state index contributed by atoms with van der Waals surface area (Å²) in [5, 5.41) is 12.7. The Balaban J connectivity index is 1.52. The molecule has 0 bridgehead atoms. The molecule has 0 saturated heterocycles. The molecule has 52 heavy (non-hydrogen) atoms. The third kappa shape index (κ3) is 9.81. The molecule has 5 amide bonds. The van der Waals surface area contributed by atoms with Crippen molar-refractivity contribution in [3.8, 4) is 11.6 Å². The number of carbonyl (C=O) groups excluding carboxylic acids is 4. The maximum absolute atomic E-state index is 13.5. The molecule has 2 saturated carbocycles. The minimum atomic E-state index is -3.92. The first-order chi connectivity index (χ1) is 24.1. The van der Waals surface area contributed by atoms with Gasteiger partial charge in [-0.2, -0.15) is 0 Å². The average molecular weight is 741 g/mol. The second-order valence-electron chi connectivity index (χ2n) is 15.9. The van der Waals surface area contributed by atoms with Crippen molar-refractivity contribution in [1.82, 2.24) is 31.0 Å². The molecule has 2 aliphatic rings. The van der Waals surface area contributed by atoms with Gasteiger partial charge < -0.3 is 30.7 Å². The van der Waals surface area contributed by atoms with Crippen molar-refractivity contribution in [3.63, 3.8) is 0 Å². The molecule has 284 valence electrons. The highest BCUT2D eigenvalue weighted by molar-refractivity contribution is 7.91. The number of ether oxygens (including phenoxy) is 2. The Hall–Kier alpha value is -4.66. The Morgan fingerprint density at radius 1 is 1.08 bits per heavy atom. The standard InChI is InChI=1S/C37H52N6O8S/c1-10-25-20-37(25,32(46)43-52(48,49)36(8)16-17-36)41-28(44)14-11-23(22-51-31-27-13-12-26(50-9)19-24(27)15-18-38-31)21-39-30(45)29(34(2,3)4)40-33(47)42-35(5,6)7/h10,12-13,15,18-19,22,25,29H,1,11,14,16-17,20-21H2,2-9H3,(H,39,45)(H,41,44)(H,43,46)(H2,40,42,47)/b23-22+/t25-,29-,37-/m1/s1. The van der Waals surface area contributed by atoms with Crippen LogP contribution in [0.3, 0.4) is 0 Å². The van der Waals surface area contributed by atoms with Crippen LogP contribution in [0, 0.1) is 11.3 Å². The molecular formula is C37H52N6O8S. The summed E-state index contributed by atoms with van der Waals surface area (Å²) in [7, 11) is -2.35. The van der Waals surface area contributed by atoms with Crippen LogP contribution in [0.2, 0.25) is 0 Å². The molecule has 0 spiro atoms. The molecule has 15 heteroatoms. The van der Waals surface area contributed by atoms with Gasteiger partial charge in [-0.15, -0.1) is 6.58 Å². The zero-order valence-electron chi connectivity index (χ0n) is 31.3. The van der Waals surface area contributed by atoms with Crippen molar-refractivity contribution >= 4 is 44.5 Å². The van der Waals surface area contributed by atoms with Gasteiger partial charge in [-0.05, 0) is 94.0 Å². The van der Waals surface area contributed by atoms with Gasteiger partial charge in [0.2, 0.25) is 27.7 Å². The highest BCUT2D eigenvalue weighted by Gasteiger charge is 2.62. The number of nitrogens with one attached hydrogen (secondary N) is 5. The van der Waals surface area contributed by atoms with E-state index in [-0.39, 0.29) is 31.7 Å². The zero-order valence-corrected chi connectivity index (χ0v) is 32.1. The van der Waals surface area contributed by atoms with Gasteiger partial charge in [0.25, 0.3) is 5.91 Å². The van der Waals surface area contributed by atoms with Gasteiger partial charge >= 0.3 is 6.03 Å². The molecule has 2 aromatic rings. The number of nitrogens with zero attached hydrogens (tertiary/aromatic N) is 1. The number of hydrogen-bond acceptors (Lipinski definition) is 9. The fraction of sp³-hybridized carbons (Fsp3) is 0.541. The van der Waals surface area contributed by atoms with E-state index in [9.17, 15) is 27.6 Å². The van der Waals surface area contributed by atoms with Gasteiger partial charge in [-0.25, -0.2) is 18.2 Å². The van der Waals surface area contributed by atoms with Gasteiger partial charge in [0.05, 0.1) is 18.1 Å². The summed E-state index contributed by atoms with van der Waals surface area (Å²) >= 11 is 0. The number of urea groups is 1. The zero-order chi connectivity index (χ0) is 38.7. The lowest BCUT2D eigenvalue weighted by Gasteiger charge is -2.32. The van der Waals surface area contributed by atoms with Crippen LogP contribution < -0.4 is 35.5 Å². The van der Waals surface area contributed by atoms with Crippen molar-refractivity contribution in [3.05, 3.63) is 55.0 Å². The number of carbonyl (C=O) groups is 4. The maximum Gasteiger partial charge on any atom is 0.315 e. The molecule has 2 fully saturated rings. The first-order valence-electron chi connectivity index (χ1n) is 17.3. The Bertz CT molecular complexity index is 1860. The Kier molecular flexibility index (Phi) is 11.7. The number of pyridine rings is 1. The SMILES string of the molecule is C=C[C@@H]1C[C@]1(NC(=O)CC/C(=C\Oc1nccc2cc(OC)ccc12)CNC(=O)[C@@H](NC(=O)NC(C)(C)C)C(C)(C)C)C(=O)NS(=O)(=O)C1(C)CC1. The van der Waals surface area contributed by atoms with Gasteiger partial charge in [0.1, 0.15) is 17.3 Å². The largest absolute Gasteiger partial charge is 0.497 e. The fourth-order valence-electron chi connectivity index (χ4n) is 5.56. The van der Waals surface area contributed by atoms with Crippen LogP contribution >= 0.6 is 0 Å². The fourth-order valence-corrected chi connectivity index (χ4v) is 6.88. The molecular weight excluding hydrogens is 689 g/mol. The van der Waals surface area contributed by atoms with Crippen molar-refractivity contribution in [2.75, 3.05) is 13.7 Å². The van der Waals surface area contributed by atoms with E-state index in [2.05, 4.69) is 37.6 Å². The topological polar surface area (TPSA) is 194 Å². The summed E-state index contributed by atoms with van der Waals surface area (Å²) in [4.78, 5) is 57.2. The molecule has 5 N–H and O–H groups in total. The Morgan fingerprint density at radius 3 is 2.35 bits per heavy atom. The van der Waals surface area contributed by atoms with E-state index in [4.69, 9.17) is 9.47 Å². The summed E-state index contributed by atoms with van der Waals surface area (Å²) in [6.45, 7) is 16.3. The Labute approximate surface area is 306 Å². The van der Waals surface area contributed by atoms with Gasteiger partial charge in [0, 0.05) is 36.0 Å². The monoisotopic (exact) mass is 740 g/mol. The third-order valence-corrected chi connectivity index (χ3v) is 11.4. The molecule has 0 aliphatic heterocycles. The summed E-state index contributed by atoms with van der Waals surface area (Å²) in [5.41, 5.74) is -2.11. The van der Waals surface area contributed by atoms with E-state index in [1.165, 1.54) is 12.3 Å². The van der Waals surface area contributed by atoms with Crippen LogP contribution in [0.4, 0.5) is 4.79 Å². The second-order valence-corrected chi connectivity index (χ2v) is 18.1. The molecule has 0 unspecified atom stereocenters. The van der Waals surface area contributed by atoms with E-state index < -0.39 is 67.0 Å². The second kappa shape index (κ2) is 15.1. The number of sulfonamides is 1. The number of aromatic nitrogens is 1. The van der Waals surface area contributed by atoms with Gasteiger partial charge in [-0.1, -0.05) is 26.8 Å². The van der Waals surface area contributed by atoms with Crippen molar-refractivity contribution < 1.29 is 37.1 Å². The first kappa shape index (κ1) is 40.1. The van der Waals surface area contributed by atoms with Crippen LogP contribution in [0.25, 0.3) is 10.8 Å². The van der Waals surface area contributed by atoms with Crippen molar-refractivity contribution in [2.45, 2.75) is 102 Å². The number of benzene rings is 1.